The third-order valence-corrected chi connectivity index (χ3v) is 4.61. The van der Waals surface area contributed by atoms with Gasteiger partial charge in [0.2, 0.25) is 0 Å². The number of fused-ring (bicyclic) bond motifs is 1. The Labute approximate surface area is 136 Å². The van der Waals surface area contributed by atoms with Gasteiger partial charge in [-0.25, -0.2) is 9.37 Å². The summed E-state index contributed by atoms with van der Waals surface area (Å²) < 4.78 is 15.1. The molecular weight excluding hydrogens is 379 g/mol. The molecule has 0 aliphatic carbocycles. The summed E-state index contributed by atoms with van der Waals surface area (Å²) in [6.07, 6.45) is 0. The van der Waals surface area contributed by atoms with Crippen LogP contribution in [0, 0.1) is 5.82 Å². The summed E-state index contributed by atoms with van der Waals surface area (Å²) in [5.74, 6) is -1.19. The number of nitrogens with zero attached hydrogens (tertiary/aromatic N) is 1. The Morgan fingerprint density at radius 2 is 2.14 bits per heavy atom. The molecule has 0 unspecified atom stereocenters. The molecule has 0 aliphatic rings. The number of anilines is 1. The van der Waals surface area contributed by atoms with Gasteiger partial charge in [-0.1, -0.05) is 17.7 Å². The van der Waals surface area contributed by atoms with Crippen molar-refractivity contribution in [3.63, 3.8) is 0 Å². The van der Waals surface area contributed by atoms with E-state index in [0.717, 1.165) is 4.70 Å². The summed E-state index contributed by atoms with van der Waals surface area (Å²) in [6, 6.07) is 8.03. The average Bonchev–Trinajstić information content (AvgIpc) is 2.93. The number of benzene rings is 2. The maximum absolute atomic E-state index is 14.0. The van der Waals surface area contributed by atoms with Gasteiger partial charge in [-0.3, -0.25) is 4.79 Å². The maximum atomic E-state index is 14.0. The van der Waals surface area contributed by atoms with Crippen molar-refractivity contribution < 1.29 is 9.18 Å². The number of thiazole rings is 1. The van der Waals surface area contributed by atoms with Crippen molar-refractivity contribution in [1.82, 2.24) is 4.98 Å². The number of nitrogens with one attached hydrogen (secondary N) is 1. The molecule has 2 aromatic carbocycles. The zero-order valence-electron chi connectivity index (χ0n) is 10.4. The van der Waals surface area contributed by atoms with Crippen LogP contribution in [0.3, 0.4) is 0 Å². The third kappa shape index (κ3) is 2.66. The molecule has 1 N–H and O–H groups in total. The molecule has 0 aliphatic heterocycles. The highest BCUT2D eigenvalue weighted by Crippen LogP contribution is 2.32. The number of halogens is 3. The zero-order chi connectivity index (χ0) is 15.0. The quantitative estimate of drug-likeness (QED) is 0.666. The Bertz CT molecular complexity index is 852. The number of carbonyl (C=O) groups excluding carboxylic acids is 1. The molecule has 21 heavy (non-hydrogen) atoms. The molecule has 0 saturated heterocycles. The third-order valence-electron chi connectivity index (χ3n) is 2.89. The second-order valence-electron chi connectivity index (χ2n) is 4.18. The van der Waals surface area contributed by atoms with Crippen molar-refractivity contribution in [1.29, 1.82) is 0 Å². The summed E-state index contributed by atoms with van der Waals surface area (Å²) in [4.78, 5) is 16.4. The van der Waals surface area contributed by atoms with E-state index in [0.29, 0.717) is 16.2 Å². The first-order chi connectivity index (χ1) is 10.1. The fourth-order valence-electron chi connectivity index (χ4n) is 1.89. The van der Waals surface area contributed by atoms with E-state index in [1.807, 2.05) is 6.07 Å². The van der Waals surface area contributed by atoms with Crippen LogP contribution < -0.4 is 5.32 Å². The van der Waals surface area contributed by atoms with E-state index in [2.05, 4.69) is 26.2 Å². The molecule has 7 heteroatoms. The molecule has 3 rings (SSSR count). The predicted molar refractivity (Wildman–Crippen MR) is 86.7 cm³/mol. The second-order valence-corrected chi connectivity index (χ2v) is 6.32. The minimum Gasteiger partial charge on any atom is -0.319 e. The van der Waals surface area contributed by atoms with Crippen LogP contribution in [0.2, 0.25) is 5.02 Å². The van der Waals surface area contributed by atoms with Gasteiger partial charge < -0.3 is 5.32 Å². The highest BCUT2D eigenvalue weighted by Gasteiger charge is 2.17. The second kappa shape index (κ2) is 5.71. The Morgan fingerprint density at radius 3 is 2.95 bits per heavy atom. The van der Waals surface area contributed by atoms with Gasteiger partial charge in [0.05, 0.1) is 31.0 Å². The highest BCUT2D eigenvalue weighted by atomic mass is 79.9. The number of rotatable bonds is 2. The minimum atomic E-state index is -0.614. The summed E-state index contributed by atoms with van der Waals surface area (Å²) in [5.41, 5.74) is 2.58. The maximum Gasteiger partial charge on any atom is 0.258 e. The number of carbonyl (C=O) groups is 1. The fraction of sp³-hybridized carbons (Fsp3) is 0. The topological polar surface area (TPSA) is 42.0 Å². The van der Waals surface area contributed by atoms with Crippen molar-refractivity contribution in [3.8, 4) is 0 Å². The first-order valence-corrected chi connectivity index (χ1v) is 7.90. The van der Waals surface area contributed by atoms with Crippen molar-refractivity contribution in [3.05, 3.63) is 56.7 Å². The number of hydrogen-bond donors (Lipinski definition) is 1. The molecular formula is C14H7BrClFN2OS. The lowest BCUT2D eigenvalue weighted by molar-refractivity contribution is 0.102. The van der Waals surface area contributed by atoms with Crippen LogP contribution in [-0.4, -0.2) is 10.9 Å². The van der Waals surface area contributed by atoms with E-state index in [4.69, 9.17) is 11.6 Å². The predicted octanol–water partition coefficient (Wildman–Crippen LogP) is 5.10. The summed E-state index contributed by atoms with van der Waals surface area (Å²) in [6.45, 7) is 0. The lowest BCUT2D eigenvalue weighted by Gasteiger charge is -2.09. The molecule has 3 nitrogen and oxygen atoms in total. The number of amides is 1. The molecule has 0 saturated carbocycles. The monoisotopic (exact) mass is 384 g/mol. The highest BCUT2D eigenvalue weighted by molar-refractivity contribution is 9.10. The molecule has 0 bridgehead atoms. The van der Waals surface area contributed by atoms with Crippen molar-refractivity contribution in [2.24, 2.45) is 0 Å². The van der Waals surface area contributed by atoms with Gasteiger partial charge in [0.25, 0.3) is 5.91 Å². The Kier molecular flexibility index (Phi) is 3.93. The van der Waals surface area contributed by atoms with E-state index >= 15 is 0 Å². The molecule has 1 aromatic heterocycles. The van der Waals surface area contributed by atoms with E-state index in [1.165, 1.54) is 23.5 Å². The van der Waals surface area contributed by atoms with E-state index < -0.39 is 11.7 Å². The zero-order valence-corrected chi connectivity index (χ0v) is 13.5. The molecule has 0 atom stereocenters. The molecule has 0 radical (unpaired) electrons. The first-order valence-electron chi connectivity index (χ1n) is 5.85. The molecule has 0 fully saturated rings. The van der Waals surface area contributed by atoms with Gasteiger partial charge in [0.15, 0.2) is 0 Å². The summed E-state index contributed by atoms with van der Waals surface area (Å²) >= 11 is 10.6. The van der Waals surface area contributed by atoms with Crippen LogP contribution in [0.15, 0.2) is 40.3 Å². The van der Waals surface area contributed by atoms with E-state index in [1.54, 1.807) is 17.6 Å². The van der Waals surface area contributed by atoms with Crippen LogP contribution in [0.4, 0.5) is 10.1 Å². The average molecular weight is 386 g/mol. The Hall–Kier alpha value is -1.50. The molecule has 1 heterocycles. The molecule has 3 aromatic rings. The Balaban J connectivity index is 2.02. The molecule has 1 amide bonds. The fourth-order valence-corrected chi connectivity index (χ4v) is 3.14. The van der Waals surface area contributed by atoms with Crippen LogP contribution in [0.1, 0.15) is 10.4 Å². The number of aromatic nitrogens is 1. The van der Waals surface area contributed by atoms with Gasteiger partial charge in [-0.15, -0.1) is 11.3 Å². The van der Waals surface area contributed by atoms with Crippen molar-refractivity contribution in [2.75, 3.05) is 5.32 Å². The number of hydrogen-bond acceptors (Lipinski definition) is 3. The Morgan fingerprint density at radius 1 is 1.33 bits per heavy atom. The molecule has 106 valence electrons. The first kappa shape index (κ1) is 14.4. The van der Waals surface area contributed by atoms with E-state index in [-0.39, 0.29) is 10.0 Å². The van der Waals surface area contributed by atoms with Gasteiger partial charge in [0.1, 0.15) is 11.3 Å². The van der Waals surface area contributed by atoms with Crippen LogP contribution in [0.5, 0.6) is 0 Å². The van der Waals surface area contributed by atoms with Gasteiger partial charge in [0, 0.05) is 0 Å². The van der Waals surface area contributed by atoms with E-state index in [9.17, 15) is 9.18 Å². The van der Waals surface area contributed by atoms with Crippen LogP contribution in [0.25, 0.3) is 10.2 Å². The largest absolute Gasteiger partial charge is 0.319 e. The summed E-state index contributed by atoms with van der Waals surface area (Å²) in [5, 5.41) is 2.99. The van der Waals surface area contributed by atoms with Crippen molar-refractivity contribution >= 4 is 60.7 Å². The lowest BCUT2D eigenvalue weighted by Crippen LogP contribution is -2.14. The van der Waals surface area contributed by atoms with Crippen LogP contribution in [-0.2, 0) is 0 Å². The lowest BCUT2D eigenvalue weighted by atomic mass is 10.2. The standard InChI is InChI=1S/C14H7BrClFN2OS/c15-8-3-1-2-7(11(8)17)14(20)19-12-9(16)4-5-10-13(12)18-6-21-10/h1-6H,(H,19,20). The minimum absolute atomic E-state index is 0.0623. The molecule has 0 spiro atoms. The smallest absolute Gasteiger partial charge is 0.258 e. The van der Waals surface area contributed by atoms with Crippen molar-refractivity contribution in [2.45, 2.75) is 0 Å². The van der Waals surface area contributed by atoms with Gasteiger partial charge in [-0.2, -0.15) is 0 Å². The summed E-state index contributed by atoms with van der Waals surface area (Å²) in [7, 11) is 0. The van der Waals surface area contributed by atoms with Gasteiger partial charge >= 0.3 is 0 Å². The van der Waals surface area contributed by atoms with Gasteiger partial charge in [-0.05, 0) is 40.2 Å². The normalized spacial score (nSPS) is 10.8. The SMILES string of the molecule is O=C(Nc1c(Cl)ccc2scnc12)c1cccc(Br)c1F. The van der Waals surface area contributed by atoms with Crippen LogP contribution >= 0.6 is 38.9 Å².